The second-order valence-electron chi connectivity index (χ2n) is 3.33. The van der Waals surface area contributed by atoms with Gasteiger partial charge in [0.2, 0.25) is 5.91 Å². The molecule has 0 spiro atoms. The maximum absolute atomic E-state index is 11.8. The van der Waals surface area contributed by atoms with Crippen molar-refractivity contribution < 1.29 is 4.79 Å². The van der Waals surface area contributed by atoms with Gasteiger partial charge in [-0.1, -0.05) is 12.2 Å². The molecule has 0 radical (unpaired) electrons. The Kier molecular flexibility index (Phi) is 4.92. The highest BCUT2D eigenvalue weighted by Crippen LogP contribution is 2.12. The minimum Gasteiger partial charge on any atom is -0.309 e. The number of rotatable bonds is 6. The second-order valence-corrected chi connectivity index (χ2v) is 3.33. The van der Waals surface area contributed by atoms with Gasteiger partial charge in [0.15, 0.2) is 5.82 Å². The van der Waals surface area contributed by atoms with Gasteiger partial charge in [0, 0.05) is 18.3 Å². The minimum atomic E-state index is -0.142. The first-order chi connectivity index (χ1) is 7.77. The topological polar surface area (TPSA) is 54.9 Å². The summed E-state index contributed by atoms with van der Waals surface area (Å²) in [6.07, 6.45) is 9.30. The monoisotopic (exact) mass is 217 g/mol. The molecular weight excluding hydrogens is 202 g/mol. The predicted octanol–water partition coefficient (Wildman–Crippen LogP) is 2.18. The molecule has 0 saturated heterocycles. The number of hydrogen-bond donors (Lipinski definition) is 1. The Morgan fingerprint density at radius 2 is 2.06 bits per heavy atom. The molecule has 1 aromatic rings. The molecule has 1 heterocycles. The van der Waals surface area contributed by atoms with E-state index < -0.39 is 0 Å². The van der Waals surface area contributed by atoms with Gasteiger partial charge in [0.05, 0.1) is 6.20 Å². The molecular formula is C12H15N3O. The summed E-state index contributed by atoms with van der Waals surface area (Å²) in [5, 5.41) is 2.70. The number of nitrogens with one attached hydrogen (secondary N) is 1. The second kappa shape index (κ2) is 6.50. The summed E-state index contributed by atoms with van der Waals surface area (Å²) < 4.78 is 0. The van der Waals surface area contributed by atoms with Crippen molar-refractivity contribution in [1.82, 2.24) is 9.97 Å². The smallest absolute Gasteiger partial charge is 0.229 e. The van der Waals surface area contributed by atoms with Gasteiger partial charge in [-0.15, -0.1) is 13.2 Å². The molecule has 0 unspecified atom stereocenters. The number of amides is 1. The van der Waals surface area contributed by atoms with Crippen LogP contribution >= 0.6 is 0 Å². The molecule has 1 rings (SSSR count). The SMILES string of the molecule is C=CCC(CC=C)C(=O)Nc1cnccn1. The van der Waals surface area contributed by atoms with Crippen LogP contribution in [-0.4, -0.2) is 15.9 Å². The first-order valence-corrected chi connectivity index (χ1v) is 5.06. The normalized spacial score (nSPS) is 9.81. The Morgan fingerprint density at radius 3 is 2.56 bits per heavy atom. The molecule has 0 saturated carbocycles. The molecule has 4 nitrogen and oxygen atoms in total. The molecule has 0 aliphatic rings. The van der Waals surface area contributed by atoms with Crippen molar-refractivity contribution >= 4 is 11.7 Å². The number of hydrogen-bond acceptors (Lipinski definition) is 3. The molecule has 1 aromatic heterocycles. The van der Waals surface area contributed by atoms with E-state index in [1.807, 2.05) is 0 Å². The Balaban J connectivity index is 2.61. The third-order valence-electron chi connectivity index (χ3n) is 2.09. The minimum absolute atomic E-state index is 0.0831. The fraction of sp³-hybridized carbons (Fsp3) is 0.250. The maximum Gasteiger partial charge on any atom is 0.229 e. The Labute approximate surface area is 95.1 Å². The largest absolute Gasteiger partial charge is 0.309 e. The number of carbonyl (C=O) groups excluding carboxylic acids is 1. The van der Waals surface area contributed by atoms with E-state index in [9.17, 15) is 4.79 Å². The average molecular weight is 217 g/mol. The Bertz CT molecular complexity index is 352. The zero-order chi connectivity index (χ0) is 11.8. The van der Waals surface area contributed by atoms with E-state index in [1.165, 1.54) is 12.4 Å². The predicted molar refractivity (Wildman–Crippen MR) is 63.8 cm³/mol. The lowest BCUT2D eigenvalue weighted by Gasteiger charge is -2.12. The summed E-state index contributed by atoms with van der Waals surface area (Å²) in [4.78, 5) is 19.7. The van der Waals surface area contributed by atoms with E-state index in [4.69, 9.17) is 0 Å². The molecule has 0 aliphatic carbocycles. The first kappa shape index (κ1) is 12.1. The van der Waals surface area contributed by atoms with Gasteiger partial charge in [0.1, 0.15) is 0 Å². The van der Waals surface area contributed by atoms with Crippen molar-refractivity contribution in [1.29, 1.82) is 0 Å². The van der Waals surface area contributed by atoms with Crippen molar-refractivity contribution in [3.8, 4) is 0 Å². The van der Waals surface area contributed by atoms with Crippen LogP contribution in [0.1, 0.15) is 12.8 Å². The lowest BCUT2D eigenvalue weighted by molar-refractivity contribution is -0.119. The summed E-state index contributed by atoms with van der Waals surface area (Å²) in [6.45, 7) is 7.26. The van der Waals surface area contributed by atoms with E-state index in [0.717, 1.165) is 0 Å². The molecule has 0 fully saturated rings. The number of allylic oxidation sites excluding steroid dienone is 2. The van der Waals surface area contributed by atoms with Crippen LogP contribution in [0.15, 0.2) is 43.9 Å². The van der Waals surface area contributed by atoms with E-state index in [0.29, 0.717) is 18.7 Å². The summed E-state index contributed by atoms with van der Waals surface area (Å²) in [5.41, 5.74) is 0. The van der Waals surface area contributed by atoms with Crippen LogP contribution in [0, 0.1) is 5.92 Å². The van der Waals surface area contributed by atoms with Crippen molar-refractivity contribution in [3.63, 3.8) is 0 Å². The van der Waals surface area contributed by atoms with Crippen LogP contribution in [0.25, 0.3) is 0 Å². The van der Waals surface area contributed by atoms with Crippen molar-refractivity contribution in [3.05, 3.63) is 43.9 Å². The Hall–Kier alpha value is -1.97. The molecule has 16 heavy (non-hydrogen) atoms. The van der Waals surface area contributed by atoms with Crippen molar-refractivity contribution in [2.75, 3.05) is 5.32 Å². The van der Waals surface area contributed by atoms with Crippen LogP contribution in [0.2, 0.25) is 0 Å². The van der Waals surface area contributed by atoms with E-state index in [1.54, 1.807) is 18.3 Å². The lowest BCUT2D eigenvalue weighted by atomic mass is 10.0. The molecule has 4 heteroatoms. The highest BCUT2D eigenvalue weighted by atomic mass is 16.1. The lowest BCUT2D eigenvalue weighted by Crippen LogP contribution is -2.22. The highest BCUT2D eigenvalue weighted by molar-refractivity contribution is 5.91. The van der Waals surface area contributed by atoms with E-state index in [-0.39, 0.29) is 11.8 Å². The molecule has 84 valence electrons. The van der Waals surface area contributed by atoms with Gasteiger partial charge in [-0.05, 0) is 12.8 Å². The third-order valence-corrected chi connectivity index (χ3v) is 2.09. The zero-order valence-electron chi connectivity index (χ0n) is 9.10. The third kappa shape index (κ3) is 3.65. The van der Waals surface area contributed by atoms with Gasteiger partial charge in [-0.3, -0.25) is 9.78 Å². The van der Waals surface area contributed by atoms with Crippen LogP contribution in [0.3, 0.4) is 0 Å². The van der Waals surface area contributed by atoms with Gasteiger partial charge >= 0.3 is 0 Å². The zero-order valence-corrected chi connectivity index (χ0v) is 9.10. The van der Waals surface area contributed by atoms with Crippen molar-refractivity contribution in [2.24, 2.45) is 5.92 Å². The molecule has 0 aliphatic heterocycles. The summed E-state index contributed by atoms with van der Waals surface area (Å²) in [5.74, 6) is 0.239. The van der Waals surface area contributed by atoms with E-state index >= 15 is 0 Å². The summed E-state index contributed by atoms with van der Waals surface area (Å²) >= 11 is 0. The van der Waals surface area contributed by atoms with Gasteiger partial charge in [-0.25, -0.2) is 4.98 Å². The summed E-state index contributed by atoms with van der Waals surface area (Å²) in [7, 11) is 0. The number of aromatic nitrogens is 2. The number of nitrogens with zero attached hydrogens (tertiary/aromatic N) is 2. The van der Waals surface area contributed by atoms with Crippen LogP contribution in [0.5, 0.6) is 0 Å². The van der Waals surface area contributed by atoms with E-state index in [2.05, 4.69) is 28.4 Å². The molecule has 0 atom stereocenters. The number of carbonyl (C=O) groups is 1. The summed E-state index contributed by atoms with van der Waals surface area (Å²) in [6, 6.07) is 0. The molecule has 1 N–H and O–H groups in total. The van der Waals surface area contributed by atoms with Gasteiger partial charge in [-0.2, -0.15) is 0 Å². The fourth-order valence-corrected chi connectivity index (χ4v) is 1.30. The van der Waals surface area contributed by atoms with Crippen molar-refractivity contribution in [2.45, 2.75) is 12.8 Å². The fourth-order valence-electron chi connectivity index (χ4n) is 1.30. The Morgan fingerprint density at radius 1 is 1.38 bits per heavy atom. The van der Waals surface area contributed by atoms with Crippen LogP contribution in [0.4, 0.5) is 5.82 Å². The van der Waals surface area contributed by atoms with Gasteiger partial charge in [0.25, 0.3) is 0 Å². The van der Waals surface area contributed by atoms with Crippen LogP contribution < -0.4 is 5.32 Å². The quantitative estimate of drug-likeness (QED) is 0.743. The van der Waals surface area contributed by atoms with Gasteiger partial charge < -0.3 is 5.32 Å². The number of anilines is 1. The molecule has 1 amide bonds. The highest BCUT2D eigenvalue weighted by Gasteiger charge is 2.15. The average Bonchev–Trinajstić information content (AvgIpc) is 2.30. The van der Waals surface area contributed by atoms with Crippen LogP contribution in [-0.2, 0) is 4.79 Å². The maximum atomic E-state index is 11.8. The first-order valence-electron chi connectivity index (χ1n) is 5.06. The molecule has 0 aromatic carbocycles. The molecule has 0 bridgehead atoms. The standard InChI is InChI=1S/C12H15N3O/c1-3-5-10(6-4-2)12(16)15-11-9-13-7-8-14-11/h3-4,7-10H,1-2,5-6H2,(H,14,15,16).